The molecule has 0 saturated carbocycles. The van der Waals surface area contributed by atoms with Crippen molar-refractivity contribution >= 4 is 34.5 Å². The third kappa shape index (κ3) is 5.34. The number of amides is 2. The fourth-order valence-corrected chi connectivity index (χ4v) is 6.89. The van der Waals surface area contributed by atoms with Crippen molar-refractivity contribution in [2.45, 2.75) is 38.3 Å². The molecule has 0 aliphatic carbocycles. The third-order valence-corrected chi connectivity index (χ3v) is 8.92. The Kier molecular flexibility index (Phi) is 7.32. The Morgan fingerprint density at radius 1 is 1.03 bits per heavy atom. The summed E-state index contributed by atoms with van der Waals surface area (Å²) in [4.78, 5) is 34.4. The number of fused-ring (bicyclic) bond motifs is 1. The minimum atomic E-state index is -0.235. The molecule has 4 heterocycles. The molecule has 2 aliphatic rings. The molecule has 2 aromatic heterocycles. The number of rotatable bonds is 6. The Morgan fingerprint density at radius 2 is 1.91 bits per heavy atom. The van der Waals surface area contributed by atoms with Gasteiger partial charge in [-0.15, -0.1) is 22.7 Å². The summed E-state index contributed by atoms with van der Waals surface area (Å²) in [6, 6.07) is 12.9. The Labute approximate surface area is 213 Å². The fraction of sp³-hybridized carbons (Fsp3) is 0.407. The van der Waals surface area contributed by atoms with Gasteiger partial charge < -0.3 is 9.80 Å². The van der Waals surface area contributed by atoms with Crippen molar-refractivity contribution in [2.75, 3.05) is 32.7 Å². The van der Waals surface area contributed by atoms with Gasteiger partial charge in [-0.25, -0.2) is 4.39 Å². The van der Waals surface area contributed by atoms with Crippen LogP contribution < -0.4 is 0 Å². The number of benzene rings is 1. The van der Waals surface area contributed by atoms with Crippen molar-refractivity contribution in [3.05, 3.63) is 79.9 Å². The van der Waals surface area contributed by atoms with Crippen LogP contribution in [0, 0.1) is 5.82 Å². The van der Waals surface area contributed by atoms with Gasteiger partial charge in [-0.3, -0.25) is 14.5 Å². The molecular formula is C27H30FN3O2S2. The maximum atomic E-state index is 14.0. The van der Waals surface area contributed by atoms with Gasteiger partial charge in [-0.1, -0.05) is 18.2 Å². The lowest BCUT2D eigenvalue weighted by Gasteiger charge is -2.41. The molecule has 0 bridgehead atoms. The zero-order chi connectivity index (χ0) is 24.4. The predicted molar refractivity (Wildman–Crippen MR) is 138 cm³/mol. The summed E-state index contributed by atoms with van der Waals surface area (Å²) in [6.45, 7) is 5.21. The maximum Gasteiger partial charge on any atom is 0.228 e. The lowest BCUT2D eigenvalue weighted by Crippen LogP contribution is -2.56. The molecule has 8 heteroatoms. The van der Waals surface area contributed by atoms with Gasteiger partial charge in [-0.05, 0) is 59.5 Å². The van der Waals surface area contributed by atoms with E-state index < -0.39 is 0 Å². The molecule has 1 saturated heterocycles. The molecule has 1 fully saturated rings. The Balaban J connectivity index is 1.20. The second-order valence-corrected chi connectivity index (χ2v) is 11.4. The average molecular weight is 512 g/mol. The van der Waals surface area contributed by atoms with Crippen LogP contribution in [0.5, 0.6) is 0 Å². The van der Waals surface area contributed by atoms with Crippen LogP contribution >= 0.6 is 22.7 Å². The average Bonchev–Trinajstić information content (AvgIpc) is 3.54. The first-order valence-corrected chi connectivity index (χ1v) is 13.9. The molecule has 0 radical (unpaired) electrons. The number of piperazine rings is 1. The summed E-state index contributed by atoms with van der Waals surface area (Å²) in [5, 5.41) is 4.09. The van der Waals surface area contributed by atoms with Crippen LogP contribution in [0.15, 0.2) is 53.2 Å². The lowest BCUT2D eigenvalue weighted by atomic mass is 9.93. The summed E-state index contributed by atoms with van der Waals surface area (Å²) in [5.74, 6) is 0.0162. The van der Waals surface area contributed by atoms with Crippen molar-refractivity contribution in [3.63, 3.8) is 0 Å². The van der Waals surface area contributed by atoms with Gasteiger partial charge in [0.1, 0.15) is 5.82 Å². The van der Waals surface area contributed by atoms with Crippen LogP contribution in [-0.4, -0.2) is 65.3 Å². The summed E-state index contributed by atoms with van der Waals surface area (Å²) in [7, 11) is 0. The van der Waals surface area contributed by atoms with Crippen molar-refractivity contribution in [3.8, 4) is 0 Å². The summed E-state index contributed by atoms with van der Waals surface area (Å²) < 4.78 is 14.0. The molecule has 0 spiro atoms. The van der Waals surface area contributed by atoms with E-state index in [0.717, 1.165) is 23.4 Å². The third-order valence-electron chi connectivity index (χ3n) is 7.05. The second-order valence-electron chi connectivity index (χ2n) is 9.32. The van der Waals surface area contributed by atoms with E-state index in [1.165, 1.54) is 16.5 Å². The van der Waals surface area contributed by atoms with Crippen LogP contribution in [-0.2, 0) is 22.4 Å². The largest absolute Gasteiger partial charge is 0.339 e. The van der Waals surface area contributed by atoms with E-state index >= 15 is 0 Å². The lowest BCUT2D eigenvalue weighted by molar-refractivity contribution is -0.142. The van der Waals surface area contributed by atoms with E-state index in [1.807, 2.05) is 40.3 Å². The summed E-state index contributed by atoms with van der Waals surface area (Å²) >= 11 is 3.35. The number of hydrogen-bond acceptors (Lipinski definition) is 5. The van der Waals surface area contributed by atoms with Gasteiger partial charge in [0.25, 0.3) is 0 Å². The highest BCUT2D eigenvalue weighted by Crippen LogP contribution is 2.38. The zero-order valence-electron chi connectivity index (χ0n) is 19.9. The minimum Gasteiger partial charge on any atom is -0.339 e. The standard InChI is InChI=1S/C27H30FN3O2S2/c1-19-18-30(12-13-31(19)26(33)17-22-6-3-14-34-22)25(32)8-11-29-10-7-24-23(9-15-35-24)27(29)20-4-2-5-21(28)16-20/h2-6,9,14-16,19,27H,7-8,10-13,17-18H2,1H3. The molecule has 184 valence electrons. The molecule has 2 unspecified atom stereocenters. The monoisotopic (exact) mass is 511 g/mol. The predicted octanol–water partition coefficient (Wildman–Crippen LogP) is 4.59. The second kappa shape index (κ2) is 10.6. The van der Waals surface area contributed by atoms with Crippen molar-refractivity contribution in [1.29, 1.82) is 0 Å². The smallest absolute Gasteiger partial charge is 0.228 e. The van der Waals surface area contributed by atoms with Gasteiger partial charge >= 0.3 is 0 Å². The molecule has 35 heavy (non-hydrogen) atoms. The Morgan fingerprint density at radius 3 is 2.69 bits per heavy atom. The fourth-order valence-electron chi connectivity index (χ4n) is 5.29. The Hall–Kier alpha value is -2.55. The molecule has 2 amide bonds. The molecule has 1 aromatic carbocycles. The normalized spacial score (nSPS) is 20.6. The summed E-state index contributed by atoms with van der Waals surface area (Å²) in [5.41, 5.74) is 2.16. The topological polar surface area (TPSA) is 43.9 Å². The van der Waals surface area contributed by atoms with Crippen LogP contribution in [0.4, 0.5) is 4.39 Å². The number of thiophene rings is 2. The SMILES string of the molecule is CC1CN(C(=O)CCN2CCc3sccc3C2c2cccc(F)c2)CCN1C(=O)Cc1cccs1. The van der Waals surface area contributed by atoms with Crippen LogP contribution in [0.25, 0.3) is 0 Å². The zero-order valence-corrected chi connectivity index (χ0v) is 21.5. The van der Waals surface area contributed by atoms with Crippen LogP contribution in [0.1, 0.15) is 40.3 Å². The van der Waals surface area contributed by atoms with Crippen molar-refractivity contribution < 1.29 is 14.0 Å². The molecular weight excluding hydrogens is 481 g/mol. The minimum absolute atomic E-state index is 0.00329. The molecule has 5 nitrogen and oxygen atoms in total. The van der Waals surface area contributed by atoms with Gasteiger partial charge in [-0.2, -0.15) is 0 Å². The first kappa shape index (κ1) is 24.2. The first-order valence-electron chi connectivity index (χ1n) is 12.1. The van der Waals surface area contributed by atoms with Gasteiger partial charge in [0.05, 0.1) is 12.5 Å². The van der Waals surface area contributed by atoms with Crippen LogP contribution in [0.2, 0.25) is 0 Å². The highest BCUT2D eigenvalue weighted by molar-refractivity contribution is 7.10. The molecule has 2 atom stereocenters. The Bertz CT molecular complexity index is 1180. The summed E-state index contributed by atoms with van der Waals surface area (Å²) in [6.07, 6.45) is 1.80. The maximum absolute atomic E-state index is 14.0. The van der Waals surface area contributed by atoms with E-state index in [0.29, 0.717) is 39.0 Å². The van der Waals surface area contributed by atoms with E-state index in [9.17, 15) is 14.0 Å². The van der Waals surface area contributed by atoms with E-state index in [-0.39, 0.29) is 29.7 Å². The highest BCUT2D eigenvalue weighted by Gasteiger charge is 2.32. The number of halogens is 1. The molecule has 5 rings (SSSR count). The van der Waals surface area contributed by atoms with Crippen LogP contribution in [0.3, 0.4) is 0 Å². The van der Waals surface area contributed by atoms with Crippen molar-refractivity contribution in [2.24, 2.45) is 0 Å². The van der Waals surface area contributed by atoms with E-state index in [4.69, 9.17) is 0 Å². The molecule has 3 aromatic rings. The van der Waals surface area contributed by atoms with Gasteiger partial charge in [0.15, 0.2) is 0 Å². The number of hydrogen-bond donors (Lipinski definition) is 0. The number of nitrogens with zero attached hydrogens (tertiary/aromatic N) is 3. The van der Waals surface area contributed by atoms with E-state index in [1.54, 1.807) is 34.8 Å². The highest BCUT2D eigenvalue weighted by atomic mass is 32.1. The van der Waals surface area contributed by atoms with E-state index in [2.05, 4.69) is 16.3 Å². The quantitative estimate of drug-likeness (QED) is 0.486. The molecule has 0 N–H and O–H groups in total. The van der Waals surface area contributed by atoms with Crippen molar-refractivity contribution in [1.82, 2.24) is 14.7 Å². The number of carbonyl (C=O) groups excluding carboxylic acids is 2. The molecule has 2 aliphatic heterocycles. The van der Waals surface area contributed by atoms with Gasteiger partial charge in [0.2, 0.25) is 11.8 Å². The first-order chi connectivity index (χ1) is 17.0. The number of carbonyl (C=O) groups is 2. The van der Waals surface area contributed by atoms with Gasteiger partial charge in [0, 0.05) is 54.9 Å².